The molecule has 3 aliphatic heterocycles. The highest BCUT2D eigenvalue weighted by Gasteiger charge is 2.62. The van der Waals surface area contributed by atoms with E-state index in [0.717, 1.165) is 23.7 Å². The second kappa shape index (κ2) is 14.5. The molecule has 4 aromatic heterocycles. The SMILES string of the molecule is Cc1cc(-n2nc3c(c2-n2ccn(-c4ccc5c(cnn5C)c4F)c2=O)C(C)N(C(=O)c2cc4cc(C5CCOC(C)(C)C5)ccc4n2C2(C4NOC(=O)N4)CC2C)CC3)cc(C)c1F. The number of rotatable bonds is 7. The van der Waals surface area contributed by atoms with Crippen molar-refractivity contribution in [3.63, 3.8) is 0 Å². The third-order valence-corrected chi connectivity index (χ3v) is 14.5. The van der Waals surface area contributed by atoms with E-state index in [9.17, 15) is 9.59 Å². The van der Waals surface area contributed by atoms with E-state index < -0.39 is 35.3 Å². The monoisotopic (exact) mass is 884 g/mol. The Morgan fingerprint density at radius 2 is 1.68 bits per heavy atom. The molecule has 5 unspecified atom stereocenters. The molecule has 4 aliphatic rings. The molecule has 15 nitrogen and oxygen atoms in total. The lowest BCUT2D eigenvalue weighted by Gasteiger charge is -2.36. The van der Waals surface area contributed by atoms with Gasteiger partial charge in [-0.05, 0) is 125 Å². The molecule has 65 heavy (non-hydrogen) atoms. The number of imidazole rings is 1. The van der Waals surface area contributed by atoms with Gasteiger partial charge in [-0.15, -0.1) is 5.48 Å². The van der Waals surface area contributed by atoms with E-state index in [2.05, 4.69) is 59.4 Å². The zero-order valence-electron chi connectivity index (χ0n) is 37.3. The van der Waals surface area contributed by atoms with E-state index in [4.69, 9.17) is 14.7 Å². The van der Waals surface area contributed by atoms with Crippen LogP contribution < -0.4 is 16.5 Å². The molecule has 2 amide bonds. The molecule has 2 N–H and O–H groups in total. The van der Waals surface area contributed by atoms with Crippen LogP contribution in [0.25, 0.3) is 39.0 Å². The lowest BCUT2D eigenvalue weighted by Crippen LogP contribution is -2.49. The Morgan fingerprint density at radius 3 is 2.38 bits per heavy atom. The predicted octanol–water partition coefficient (Wildman–Crippen LogP) is 7.29. The number of nitrogens with zero attached hydrogens (tertiary/aromatic N) is 8. The molecule has 336 valence electrons. The van der Waals surface area contributed by atoms with Crippen LogP contribution in [0.2, 0.25) is 0 Å². The Kier molecular flexibility index (Phi) is 9.15. The summed E-state index contributed by atoms with van der Waals surface area (Å²) in [7, 11) is 1.72. The first-order chi connectivity index (χ1) is 31.1. The van der Waals surface area contributed by atoms with E-state index >= 15 is 13.6 Å². The van der Waals surface area contributed by atoms with Crippen LogP contribution in [-0.4, -0.2) is 75.1 Å². The van der Waals surface area contributed by atoms with Crippen molar-refractivity contribution in [3.8, 4) is 17.2 Å². The van der Waals surface area contributed by atoms with Gasteiger partial charge in [0.2, 0.25) is 0 Å². The lowest BCUT2D eigenvalue weighted by molar-refractivity contribution is -0.0592. The van der Waals surface area contributed by atoms with Crippen molar-refractivity contribution in [3.05, 3.63) is 123 Å². The summed E-state index contributed by atoms with van der Waals surface area (Å²) in [6, 6.07) is 14.4. The third-order valence-electron chi connectivity index (χ3n) is 14.5. The molecule has 0 spiro atoms. The molecule has 2 saturated heterocycles. The summed E-state index contributed by atoms with van der Waals surface area (Å²) >= 11 is 0. The summed E-state index contributed by atoms with van der Waals surface area (Å²) in [6.07, 6.45) is 6.11. The summed E-state index contributed by atoms with van der Waals surface area (Å²) in [6.45, 7) is 12.6. The van der Waals surface area contributed by atoms with E-state index in [1.807, 2.05) is 17.9 Å². The maximum atomic E-state index is 16.1. The number of benzene rings is 3. The molecule has 1 saturated carbocycles. The zero-order valence-corrected chi connectivity index (χ0v) is 37.3. The minimum atomic E-state index is -0.718. The summed E-state index contributed by atoms with van der Waals surface area (Å²) in [5.74, 6) is -0.475. The van der Waals surface area contributed by atoms with Gasteiger partial charge in [0.15, 0.2) is 5.82 Å². The number of halogens is 2. The van der Waals surface area contributed by atoms with Crippen LogP contribution >= 0.6 is 0 Å². The zero-order chi connectivity index (χ0) is 45.4. The average Bonchev–Trinajstić information content (AvgIpc) is 3.90. The smallest absolute Gasteiger partial charge is 0.376 e. The van der Waals surface area contributed by atoms with Gasteiger partial charge in [0, 0.05) is 55.5 Å². The van der Waals surface area contributed by atoms with Gasteiger partial charge in [0.1, 0.15) is 23.5 Å². The Hall–Kier alpha value is -6.59. The maximum absolute atomic E-state index is 16.1. The van der Waals surface area contributed by atoms with Gasteiger partial charge in [0.05, 0.1) is 51.4 Å². The molecule has 5 atom stereocenters. The van der Waals surface area contributed by atoms with Gasteiger partial charge >= 0.3 is 11.8 Å². The second-order valence-electron chi connectivity index (χ2n) is 19.0. The average molecular weight is 885 g/mol. The summed E-state index contributed by atoms with van der Waals surface area (Å²) < 4.78 is 45.3. The van der Waals surface area contributed by atoms with Crippen molar-refractivity contribution in [2.45, 2.75) is 96.5 Å². The van der Waals surface area contributed by atoms with Crippen LogP contribution in [0.3, 0.4) is 0 Å². The minimum Gasteiger partial charge on any atom is -0.376 e. The van der Waals surface area contributed by atoms with Gasteiger partial charge in [-0.1, -0.05) is 13.0 Å². The molecule has 11 rings (SSSR count). The van der Waals surface area contributed by atoms with Crippen LogP contribution in [0, 0.1) is 31.4 Å². The number of aryl methyl sites for hydroxylation is 3. The number of aromatic nitrogens is 7. The molecule has 0 bridgehead atoms. The molecule has 3 fully saturated rings. The van der Waals surface area contributed by atoms with Crippen molar-refractivity contribution in [2.24, 2.45) is 13.0 Å². The Balaban J connectivity index is 1.05. The normalized spacial score (nSPS) is 23.8. The Morgan fingerprint density at radius 1 is 0.938 bits per heavy atom. The molecule has 7 aromatic rings. The van der Waals surface area contributed by atoms with Gasteiger partial charge in [-0.3, -0.25) is 23.9 Å². The van der Waals surface area contributed by atoms with E-state index in [1.54, 1.807) is 60.7 Å². The van der Waals surface area contributed by atoms with Crippen LogP contribution in [0.5, 0.6) is 0 Å². The number of nitrogens with one attached hydrogen (secondary N) is 2. The highest BCUT2D eigenvalue weighted by Crippen LogP contribution is 2.55. The van der Waals surface area contributed by atoms with E-state index in [-0.39, 0.29) is 40.2 Å². The van der Waals surface area contributed by atoms with Crippen LogP contribution in [-0.2, 0) is 28.6 Å². The fraction of sp³-hybridized carbons (Fsp3) is 0.396. The first-order valence-electron chi connectivity index (χ1n) is 22.2. The highest BCUT2D eigenvalue weighted by molar-refractivity contribution is 6.00. The number of ether oxygens (including phenoxy) is 1. The highest BCUT2D eigenvalue weighted by atomic mass is 19.1. The standard InChI is InChI=1S/C48H50F2N10O5/c1-25-18-32(19-26(2)40(25)49)60-42(58-16-15-57(46(58)63)37-11-10-36-33(41(37)50)24-51-55(36)7)39-28(4)56(14-12-34(39)53-60)43(61)38-21-31-20-29(30-13-17-64-47(5,6)23-30)8-9-35(31)59(38)48(22-27(48)3)44-52-45(62)65-54-44/h8-11,15-16,18-21,24,27-28,30,44,54H,12-14,17,22-23H2,1-7H3,(H,52,62). The summed E-state index contributed by atoms with van der Waals surface area (Å²) in [4.78, 5) is 49.7. The number of carbonyl (C=O) groups excluding carboxylic acids is 2. The fourth-order valence-corrected chi connectivity index (χ4v) is 11.0. The second-order valence-corrected chi connectivity index (χ2v) is 19.0. The van der Waals surface area contributed by atoms with Crippen molar-refractivity contribution in [2.75, 3.05) is 13.2 Å². The first-order valence-corrected chi connectivity index (χ1v) is 22.2. The molecule has 0 radical (unpaired) electrons. The number of fused-ring (bicyclic) bond motifs is 3. The quantitative estimate of drug-likeness (QED) is 0.170. The fourth-order valence-electron chi connectivity index (χ4n) is 11.0. The molecule has 1 aliphatic carbocycles. The van der Waals surface area contributed by atoms with Crippen molar-refractivity contribution >= 4 is 33.8 Å². The number of carbonyl (C=O) groups is 2. The maximum Gasteiger partial charge on any atom is 0.427 e. The molecule has 17 heteroatoms. The predicted molar refractivity (Wildman–Crippen MR) is 238 cm³/mol. The molecule has 7 heterocycles. The first kappa shape index (κ1) is 41.1. The summed E-state index contributed by atoms with van der Waals surface area (Å²) in [5, 5.41) is 13.4. The Labute approximate surface area is 372 Å². The van der Waals surface area contributed by atoms with Crippen LogP contribution in [0.1, 0.15) is 97.4 Å². The van der Waals surface area contributed by atoms with E-state index in [1.165, 1.54) is 27.1 Å². The topological polar surface area (TPSA) is 147 Å². The van der Waals surface area contributed by atoms with Gasteiger partial charge in [-0.25, -0.2) is 23.1 Å². The van der Waals surface area contributed by atoms with Crippen LogP contribution in [0.15, 0.2) is 71.9 Å². The minimum absolute atomic E-state index is 0.0469. The number of hydrogen-bond acceptors (Lipinski definition) is 8. The van der Waals surface area contributed by atoms with Crippen molar-refractivity contribution in [1.29, 1.82) is 0 Å². The third kappa shape index (κ3) is 6.21. The lowest BCUT2D eigenvalue weighted by atomic mass is 9.83. The molecular formula is C48H50F2N10O5. The summed E-state index contributed by atoms with van der Waals surface area (Å²) in [5.41, 5.74) is 7.11. The molecule has 3 aromatic carbocycles. The largest absolute Gasteiger partial charge is 0.427 e. The van der Waals surface area contributed by atoms with Gasteiger partial charge < -0.3 is 19.0 Å². The number of hydrogen-bond donors (Lipinski definition) is 2. The number of hydroxylamine groups is 1. The number of amides is 2. The van der Waals surface area contributed by atoms with E-state index in [0.29, 0.717) is 71.1 Å². The van der Waals surface area contributed by atoms with Gasteiger partial charge in [0.25, 0.3) is 5.91 Å². The van der Waals surface area contributed by atoms with Crippen molar-refractivity contribution in [1.82, 2.24) is 49.0 Å². The molecular weight excluding hydrogens is 835 g/mol. The Bertz CT molecular complexity index is 3190. The van der Waals surface area contributed by atoms with Crippen molar-refractivity contribution < 1.29 is 27.9 Å². The van der Waals surface area contributed by atoms with Crippen LogP contribution in [0.4, 0.5) is 13.6 Å². The van der Waals surface area contributed by atoms with Gasteiger partial charge in [-0.2, -0.15) is 10.2 Å².